The van der Waals surface area contributed by atoms with E-state index in [1.165, 1.54) is 0 Å². The molecule has 2 atom stereocenters. The molecule has 0 saturated carbocycles. The highest BCUT2D eigenvalue weighted by molar-refractivity contribution is 9.09. The Kier molecular flexibility index (Phi) is 1.10. The minimum absolute atomic E-state index is 0.260. The van der Waals surface area contributed by atoms with Gasteiger partial charge in [0.05, 0.1) is 6.61 Å². The van der Waals surface area contributed by atoms with Gasteiger partial charge in [-0.15, -0.1) is 0 Å². The average molecular weight is 155 g/mol. The third kappa shape index (κ3) is 0.565. The van der Waals surface area contributed by atoms with E-state index in [-0.39, 0.29) is 11.6 Å². The summed E-state index contributed by atoms with van der Waals surface area (Å²) in [6, 6.07) is 0. The topological polar surface area (TPSA) is 9.23 Å². The Bertz CT molecular complexity index is 50.8. The van der Waals surface area contributed by atoms with Crippen molar-refractivity contribution in [2.45, 2.75) is 11.2 Å². The van der Waals surface area contributed by atoms with Crippen LogP contribution >= 0.6 is 15.9 Å². The molecule has 0 bridgehead atoms. The molecule has 1 saturated heterocycles. The van der Waals surface area contributed by atoms with E-state index in [2.05, 4.69) is 20.7 Å². The highest BCUT2D eigenvalue weighted by Gasteiger charge is 2.28. The van der Waals surface area contributed by atoms with Crippen LogP contribution in [0.2, 0.25) is 0 Å². The minimum Gasteiger partial charge on any atom is -0.361 e. The molecular weight excluding hydrogens is 151 g/mol. The molecule has 36 valence electrons. The van der Waals surface area contributed by atoms with Gasteiger partial charge in [0.15, 0.2) is 6.17 Å². The van der Waals surface area contributed by atoms with Gasteiger partial charge in [-0.05, 0) is 0 Å². The van der Waals surface area contributed by atoms with Crippen LogP contribution in [0.3, 0.4) is 0 Å². The van der Waals surface area contributed by atoms with Crippen LogP contribution in [0.15, 0.2) is 0 Å². The molecule has 1 heterocycles. The summed E-state index contributed by atoms with van der Waals surface area (Å²) >= 11 is 2.93. The second kappa shape index (κ2) is 1.46. The molecule has 1 aliphatic rings. The number of halogens is 2. The zero-order valence-electron chi connectivity index (χ0n) is 3.03. The summed E-state index contributed by atoms with van der Waals surface area (Å²) in [5.41, 5.74) is 0. The fourth-order valence-corrected chi connectivity index (χ4v) is 0.547. The van der Waals surface area contributed by atoms with E-state index in [1.807, 2.05) is 0 Å². The van der Waals surface area contributed by atoms with E-state index in [0.29, 0.717) is 0 Å². The maximum atomic E-state index is 11.7. The van der Waals surface area contributed by atoms with E-state index >= 15 is 0 Å². The van der Waals surface area contributed by atoms with Crippen LogP contribution in [0, 0.1) is 0 Å². The van der Waals surface area contributed by atoms with Crippen LogP contribution in [-0.2, 0) is 4.74 Å². The van der Waals surface area contributed by atoms with Crippen LogP contribution in [0.4, 0.5) is 4.39 Å². The lowest BCUT2D eigenvalue weighted by molar-refractivity contribution is -0.0695. The van der Waals surface area contributed by atoms with Gasteiger partial charge in [-0.2, -0.15) is 0 Å². The van der Waals surface area contributed by atoms with Crippen molar-refractivity contribution >= 4 is 15.9 Å². The molecular formula is C3H4BrFO. The average Bonchev–Trinajstić information content (AvgIpc) is 1.61. The van der Waals surface area contributed by atoms with Gasteiger partial charge in [-0.1, -0.05) is 15.9 Å². The van der Waals surface area contributed by atoms with Gasteiger partial charge in [0, 0.05) is 0 Å². The summed E-state index contributed by atoms with van der Waals surface area (Å²) in [7, 11) is 0. The van der Waals surface area contributed by atoms with Gasteiger partial charge >= 0.3 is 0 Å². The molecule has 0 radical (unpaired) electrons. The lowest BCUT2D eigenvalue weighted by atomic mass is 10.4. The molecule has 6 heavy (non-hydrogen) atoms. The van der Waals surface area contributed by atoms with Gasteiger partial charge in [-0.3, -0.25) is 0 Å². The SMILES string of the molecule is FC1COC1Br. The first-order chi connectivity index (χ1) is 2.80. The molecule has 1 aliphatic heterocycles. The van der Waals surface area contributed by atoms with Gasteiger partial charge in [-0.25, -0.2) is 4.39 Å². The number of rotatable bonds is 0. The summed E-state index contributed by atoms with van der Waals surface area (Å²) in [4.78, 5) is 0. The number of alkyl halides is 2. The largest absolute Gasteiger partial charge is 0.361 e. The summed E-state index contributed by atoms with van der Waals surface area (Å²) in [6.07, 6.45) is -0.773. The Morgan fingerprint density at radius 1 is 1.83 bits per heavy atom. The van der Waals surface area contributed by atoms with E-state index in [0.717, 1.165) is 0 Å². The van der Waals surface area contributed by atoms with Crippen molar-refractivity contribution in [3.63, 3.8) is 0 Å². The highest BCUT2D eigenvalue weighted by Crippen LogP contribution is 2.20. The van der Waals surface area contributed by atoms with Crippen molar-refractivity contribution in [2.24, 2.45) is 0 Å². The predicted octanol–water partition coefficient (Wildman–Crippen LogP) is 1.08. The minimum atomic E-state index is -0.773. The van der Waals surface area contributed by atoms with Gasteiger partial charge in [0.2, 0.25) is 0 Å². The lowest BCUT2D eigenvalue weighted by Crippen LogP contribution is -2.36. The molecule has 3 heteroatoms. The van der Waals surface area contributed by atoms with Crippen LogP contribution in [0.25, 0.3) is 0 Å². The Balaban J connectivity index is 2.20. The molecule has 0 aromatic rings. The van der Waals surface area contributed by atoms with Crippen molar-refractivity contribution in [3.8, 4) is 0 Å². The second-order valence-electron chi connectivity index (χ2n) is 1.20. The fraction of sp³-hybridized carbons (Fsp3) is 1.00. The normalized spacial score (nSPS) is 45.0. The van der Waals surface area contributed by atoms with Gasteiger partial charge in [0.1, 0.15) is 5.01 Å². The smallest absolute Gasteiger partial charge is 0.159 e. The molecule has 0 amide bonds. The first-order valence-electron chi connectivity index (χ1n) is 1.70. The van der Waals surface area contributed by atoms with Gasteiger partial charge < -0.3 is 4.74 Å². The van der Waals surface area contributed by atoms with Crippen LogP contribution in [0.1, 0.15) is 0 Å². The third-order valence-electron chi connectivity index (χ3n) is 0.699. The number of hydrogen-bond donors (Lipinski definition) is 0. The zero-order valence-corrected chi connectivity index (χ0v) is 4.61. The molecule has 0 spiro atoms. The van der Waals surface area contributed by atoms with Crippen molar-refractivity contribution in [3.05, 3.63) is 0 Å². The molecule has 0 aliphatic carbocycles. The van der Waals surface area contributed by atoms with Gasteiger partial charge in [0.25, 0.3) is 0 Å². The summed E-state index contributed by atoms with van der Waals surface area (Å²) in [5, 5.41) is -0.322. The van der Waals surface area contributed by atoms with Crippen LogP contribution in [0.5, 0.6) is 0 Å². The van der Waals surface area contributed by atoms with Crippen molar-refractivity contribution < 1.29 is 9.13 Å². The number of hydrogen-bond acceptors (Lipinski definition) is 1. The zero-order chi connectivity index (χ0) is 4.57. The van der Waals surface area contributed by atoms with E-state index in [9.17, 15) is 4.39 Å². The van der Waals surface area contributed by atoms with E-state index < -0.39 is 6.17 Å². The van der Waals surface area contributed by atoms with E-state index in [1.54, 1.807) is 0 Å². The Labute approximate surface area is 43.6 Å². The van der Waals surface area contributed by atoms with Crippen molar-refractivity contribution in [1.82, 2.24) is 0 Å². The second-order valence-corrected chi connectivity index (χ2v) is 2.10. The molecule has 2 unspecified atom stereocenters. The lowest BCUT2D eigenvalue weighted by Gasteiger charge is -2.24. The highest BCUT2D eigenvalue weighted by atomic mass is 79.9. The molecule has 0 aromatic heterocycles. The first-order valence-corrected chi connectivity index (χ1v) is 2.62. The number of ether oxygens (including phenoxy) is 1. The van der Waals surface area contributed by atoms with Crippen molar-refractivity contribution in [1.29, 1.82) is 0 Å². The summed E-state index contributed by atoms with van der Waals surface area (Å²) in [5.74, 6) is 0. The molecule has 0 N–H and O–H groups in total. The van der Waals surface area contributed by atoms with Crippen LogP contribution < -0.4 is 0 Å². The van der Waals surface area contributed by atoms with E-state index in [4.69, 9.17) is 0 Å². The fourth-order valence-electron chi connectivity index (χ4n) is 0.242. The maximum Gasteiger partial charge on any atom is 0.159 e. The first kappa shape index (κ1) is 4.53. The Hall–Kier alpha value is 0.370. The molecule has 1 fully saturated rings. The monoisotopic (exact) mass is 154 g/mol. The molecule has 0 aromatic carbocycles. The summed E-state index contributed by atoms with van der Waals surface area (Å²) < 4.78 is 16.3. The molecule has 1 rings (SSSR count). The summed E-state index contributed by atoms with van der Waals surface area (Å²) in [6.45, 7) is 0.260. The third-order valence-corrected chi connectivity index (χ3v) is 1.54. The standard InChI is InChI=1S/C3H4BrFO/c4-3-2(5)1-6-3/h2-3H,1H2. The Morgan fingerprint density at radius 3 is 2.33 bits per heavy atom. The van der Waals surface area contributed by atoms with Crippen molar-refractivity contribution in [2.75, 3.05) is 6.61 Å². The quantitative estimate of drug-likeness (QED) is 0.475. The Morgan fingerprint density at radius 2 is 2.33 bits per heavy atom. The maximum absolute atomic E-state index is 11.7. The predicted molar refractivity (Wildman–Crippen MR) is 23.6 cm³/mol. The molecule has 1 nitrogen and oxygen atoms in total. The van der Waals surface area contributed by atoms with Crippen LogP contribution in [-0.4, -0.2) is 17.8 Å².